The molecule has 1 aliphatic heterocycles. The van der Waals surface area contributed by atoms with E-state index in [9.17, 15) is 0 Å². The van der Waals surface area contributed by atoms with E-state index in [1.165, 1.54) is 0 Å². The van der Waals surface area contributed by atoms with Crippen LogP contribution in [0.5, 0.6) is 0 Å². The molecule has 1 saturated heterocycles. The molecule has 1 aromatic heterocycles. The normalized spacial score (nSPS) is 18.0. The number of hydrogen-bond donors (Lipinski definition) is 2. The fourth-order valence-corrected chi connectivity index (χ4v) is 2.97. The third kappa shape index (κ3) is 3.19. The second-order valence-corrected chi connectivity index (χ2v) is 6.11. The Morgan fingerprint density at radius 3 is 2.81 bits per heavy atom. The van der Waals surface area contributed by atoms with E-state index >= 15 is 0 Å². The summed E-state index contributed by atoms with van der Waals surface area (Å²) >= 11 is 6.01. The zero-order chi connectivity index (χ0) is 14.8. The van der Waals surface area contributed by atoms with Crippen LogP contribution in [0.25, 0.3) is 11.4 Å². The highest BCUT2D eigenvalue weighted by atomic mass is 35.5. The summed E-state index contributed by atoms with van der Waals surface area (Å²) in [5, 5.41) is 8.02. The van der Waals surface area contributed by atoms with Gasteiger partial charge in [0.15, 0.2) is 5.82 Å². The quantitative estimate of drug-likeness (QED) is 0.914. The van der Waals surface area contributed by atoms with Crippen LogP contribution >= 0.6 is 11.6 Å². The van der Waals surface area contributed by atoms with Crippen LogP contribution < -0.4 is 10.6 Å². The Hall–Kier alpha value is -1.59. The molecule has 0 amide bonds. The predicted octanol–water partition coefficient (Wildman–Crippen LogP) is 2.69. The summed E-state index contributed by atoms with van der Waals surface area (Å²) in [7, 11) is 0. The minimum atomic E-state index is 0.265. The van der Waals surface area contributed by atoms with Gasteiger partial charge in [-0.15, -0.1) is 5.10 Å². The largest absolute Gasteiger partial charge is 0.340 e. The summed E-state index contributed by atoms with van der Waals surface area (Å²) in [4.78, 5) is 6.80. The average Bonchev–Trinajstić information content (AvgIpc) is 2.97. The van der Waals surface area contributed by atoms with Crippen molar-refractivity contribution in [2.45, 2.75) is 25.8 Å². The highest BCUT2D eigenvalue weighted by Gasteiger charge is 2.24. The number of hydrogen-bond acceptors (Lipinski definition) is 4. The van der Waals surface area contributed by atoms with Crippen molar-refractivity contribution in [3.8, 4) is 11.4 Å². The molecule has 2 heterocycles. The molecule has 21 heavy (non-hydrogen) atoms. The molecule has 112 valence electrons. The van der Waals surface area contributed by atoms with Gasteiger partial charge in [0, 0.05) is 29.7 Å². The van der Waals surface area contributed by atoms with Gasteiger partial charge in [-0.1, -0.05) is 23.7 Å². The van der Waals surface area contributed by atoms with Crippen molar-refractivity contribution < 1.29 is 0 Å². The van der Waals surface area contributed by atoms with Crippen LogP contribution in [0.4, 0.5) is 5.95 Å². The number of nitrogens with zero attached hydrogens (tertiary/aromatic N) is 3. The number of H-pyrrole nitrogens is 1. The van der Waals surface area contributed by atoms with Gasteiger partial charge in [0.25, 0.3) is 0 Å². The third-order valence-electron chi connectivity index (χ3n) is 4.14. The zero-order valence-corrected chi connectivity index (χ0v) is 12.8. The lowest BCUT2D eigenvalue weighted by Gasteiger charge is -2.32. The lowest BCUT2D eigenvalue weighted by Crippen LogP contribution is -2.40. The van der Waals surface area contributed by atoms with Gasteiger partial charge in [-0.25, -0.2) is 0 Å². The Labute approximate surface area is 129 Å². The van der Waals surface area contributed by atoms with E-state index in [1.54, 1.807) is 0 Å². The molecule has 1 atom stereocenters. The van der Waals surface area contributed by atoms with Gasteiger partial charge in [0.05, 0.1) is 0 Å². The Kier molecular flexibility index (Phi) is 4.12. The van der Waals surface area contributed by atoms with E-state index in [4.69, 9.17) is 17.3 Å². The molecule has 0 bridgehead atoms. The summed E-state index contributed by atoms with van der Waals surface area (Å²) in [6.07, 6.45) is 2.19. The summed E-state index contributed by atoms with van der Waals surface area (Å²) < 4.78 is 0. The van der Waals surface area contributed by atoms with E-state index < -0.39 is 0 Å². The van der Waals surface area contributed by atoms with Crippen molar-refractivity contribution in [1.29, 1.82) is 0 Å². The number of piperidine rings is 1. The van der Waals surface area contributed by atoms with Gasteiger partial charge >= 0.3 is 0 Å². The van der Waals surface area contributed by atoms with Crippen molar-refractivity contribution in [3.63, 3.8) is 0 Å². The minimum Gasteiger partial charge on any atom is -0.340 e. The van der Waals surface area contributed by atoms with Gasteiger partial charge in [-0.2, -0.15) is 4.98 Å². The van der Waals surface area contributed by atoms with Crippen LogP contribution in [0.15, 0.2) is 24.3 Å². The average molecular weight is 306 g/mol. The molecule has 0 aliphatic carbocycles. The molecule has 0 radical (unpaired) electrons. The molecule has 3 rings (SSSR count). The number of rotatable bonds is 3. The van der Waals surface area contributed by atoms with Gasteiger partial charge in [0.2, 0.25) is 5.95 Å². The molecule has 1 unspecified atom stereocenters. The first kappa shape index (κ1) is 14.4. The fourth-order valence-electron chi connectivity index (χ4n) is 2.78. The number of aromatic amines is 1. The smallest absolute Gasteiger partial charge is 0.245 e. The number of nitrogens with one attached hydrogen (secondary N) is 1. The maximum absolute atomic E-state index is 6.01. The first-order valence-electron chi connectivity index (χ1n) is 7.32. The SMILES string of the molecule is CC(N)C1CCN(c2n[nH]c(-c3cccc(Cl)c3)n2)CC1. The van der Waals surface area contributed by atoms with Crippen molar-refractivity contribution >= 4 is 17.5 Å². The number of benzene rings is 1. The second kappa shape index (κ2) is 6.03. The van der Waals surface area contributed by atoms with Crippen LogP contribution in [-0.4, -0.2) is 34.3 Å². The summed E-state index contributed by atoms with van der Waals surface area (Å²) in [6.45, 7) is 4.00. The number of halogens is 1. The predicted molar refractivity (Wildman–Crippen MR) is 85.4 cm³/mol. The highest BCUT2D eigenvalue weighted by molar-refractivity contribution is 6.30. The molecule has 1 aromatic carbocycles. The van der Waals surface area contributed by atoms with Crippen molar-refractivity contribution in [2.75, 3.05) is 18.0 Å². The van der Waals surface area contributed by atoms with Crippen molar-refractivity contribution in [2.24, 2.45) is 11.7 Å². The van der Waals surface area contributed by atoms with Crippen LogP contribution in [0.3, 0.4) is 0 Å². The van der Waals surface area contributed by atoms with Crippen LogP contribution in [0.1, 0.15) is 19.8 Å². The first-order chi connectivity index (χ1) is 10.1. The topological polar surface area (TPSA) is 70.8 Å². The van der Waals surface area contributed by atoms with Gasteiger partial charge in [-0.3, -0.25) is 5.10 Å². The molecular formula is C15H20ClN5. The van der Waals surface area contributed by atoms with Gasteiger partial charge < -0.3 is 10.6 Å². The monoisotopic (exact) mass is 305 g/mol. The summed E-state index contributed by atoms with van der Waals surface area (Å²) in [5.41, 5.74) is 6.93. The Morgan fingerprint density at radius 1 is 1.38 bits per heavy atom. The molecule has 1 fully saturated rings. The number of aromatic nitrogens is 3. The lowest BCUT2D eigenvalue weighted by molar-refractivity contribution is 0.352. The van der Waals surface area contributed by atoms with E-state index in [0.717, 1.165) is 43.3 Å². The molecule has 3 N–H and O–H groups in total. The van der Waals surface area contributed by atoms with Crippen LogP contribution in [0, 0.1) is 5.92 Å². The lowest BCUT2D eigenvalue weighted by atomic mass is 9.91. The molecule has 0 spiro atoms. The number of nitrogens with two attached hydrogens (primary N) is 1. The van der Waals surface area contributed by atoms with E-state index in [2.05, 4.69) is 27.0 Å². The van der Waals surface area contributed by atoms with Crippen molar-refractivity contribution in [3.05, 3.63) is 29.3 Å². The molecule has 2 aromatic rings. The van der Waals surface area contributed by atoms with Crippen LogP contribution in [-0.2, 0) is 0 Å². The Bertz CT molecular complexity index is 602. The number of anilines is 1. The standard InChI is InChI=1S/C15H20ClN5/c1-10(17)11-5-7-21(8-6-11)15-18-14(19-20-15)12-3-2-4-13(16)9-12/h2-4,9-11H,5-8,17H2,1H3,(H,18,19,20). The van der Waals surface area contributed by atoms with E-state index in [0.29, 0.717) is 10.9 Å². The summed E-state index contributed by atoms with van der Waals surface area (Å²) in [5.74, 6) is 2.11. The Morgan fingerprint density at radius 2 is 2.14 bits per heavy atom. The van der Waals surface area contributed by atoms with Gasteiger partial charge in [0.1, 0.15) is 0 Å². The van der Waals surface area contributed by atoms with Gasteiger partial charge in [-0.05, 0) is 37.8 Å². The zero-order valence-electron chi connectivity index (χ0n) is 12.1. The molecule has 5 nitrogen and oxygen atoms in total. The Balaban J connectivity index is 1.71. The maximum atomic E-state index is 6.01. The van der Waals surface area contributed by atoms with Crippen molar-refractivity contribution in [1.82, 2.24) is 15.2 Å². The minimum absolute atomic E-state index is 0.265. The molecular weight excluding hydrogens is 286 g/mol. The third-order valence-corrected chi connectivity index (χ3v) is 4.37. The maximum Gasteiger partial charge on any atom is 0.245 e. The van der Waals surface area contributed by atoms with E-state index in [-0.39, 0.29) is 6.04 Å². The van der Waals surface area contributed by atoms with E-state index in [1.807, 2.05) is 24.3 Å². The molecule has 0 saturated carbocycles. The summed E-state index contributed by atoms with van der Waals surface area (Å²) in [6, 6.07) is 7.88. The molecule has 6 heteroatoms. The first-order valence-corrected chi connectivity index (χ1v) is 7.70. The fraction of sp³-hybridized carbons (Fsp3) is 0.467. The second-order valence-electron chi connectivity index (χ2n) is 5.68. The highest BCUT2D eigenvalue weighted by Crippen LogP contribution is 2.25. The van der Waals surface area contributed by atoms with Crippen LogP contribution in [0.2, 0.25) is 5.02 Å². The molecule has 1 aliphatic rings.